The van der Waals surface area contributed by atoms with Crippen LogP contribution in [0.15, 0.2) is 6.07 Å². The van der Waals surface area contributed by atoms with Crippen molar-refractivity contribution in [3.8, 4) is 0 Å². The molecule has 7 heteroatoms. The largest absolute Gasteiger partial charge is 0.433 e. The van der Waals surface area contributed by atoms with Crippen LogP contribution in [0.25, 0.3) is 0 Å². The van der Waals surface area contributed by atoms with Gasteiger partial charge < -0.3 is 5.73 Å². The number of carbonyl (C=O) groups is 1. The van der Waals surface area contributed by atoms with E-state index in [1.54, 1.807) is 0 Å². The molecule has 0 spiro atoms. The Morgan fingerprint density at radius 3 is 2.56 bits per heavy atom. The van der Waals surface area contributed by atoms with Crippen LogP contribution in [0.4, 0.5) is 13.2 Å². The number of hydrogen-bond donors (Lipinski definition) is 1. The van der Waals surface area contributed by atoms with Crippen LogP contribution in [0, 0.1) is 0 Å². The van der Waals surface area contributed by atoms with Crippen molar-refractivity contribution in [2.45, 2.75) is 38.8 Å². The molecule has 1 amide bonds. The Hall–Kier alpha value is -1.66. The Morgan fingerprint density at radius 1 is 1.39 bits per heavy atom. The third-order valence-corrected chi connectivity index (χ3v) is 2.23. The number of hydrogen-bond acceptors (Lipinski definition) is 3. The zero-order valence-electron chi connectivity index (χ0n) is 9.92. The first-order valence-electron chi connectivity index (χ1n) is 5.55. The number of rotatable bonds is 5. The Labute approximate surface area is 102 Å². The summed E-state index contributed by atoms with van der Waals surface area (Å²) in [4.78, 5) is 17.9. The number of carbonyl (C=O) groups excluding carboxylic acids is 1. The molecule has 4 nitrogen and oxygen atoms in total. The topological polar surface area (TPSA) is 68.9 Å². The Balaban J connectivity index is 3.07. The molecule has 0 saturated heterocycles. The van der Waals surface area contributed by atoms with E-state index in [1.807, 2.05) is 6.92 Å². The lowest BCUT2D eigenvalue weighted by Crippen LogP contribution is -2.19. The number of amides is 1. The van der Waals surface area contributed by atoms with Crippen molar-refractivity contribution in [2.75, 3.05) is 0 Å². The van der Waals surface area contributed by atoms with Crippen LogP contribution in [-0.2, 0) is 23.8 Å². The maximum absolute atomic E-state index is 12.6. The fourth-order valence-corrected chi connectivity index (χ4v) is 1.42. The summed E-state index contributed by atoms with van der Waals surface area (Å²) >= 11 is 0. The van der Waals surface area contributed by atoms with E-state index in [9.17, 15) is 18.0 Å². The summed E-state index contributed by atoms with van der Waals surface area (Å²) in [6.45, 7) is 1.93. The van der Waals surface area contributed by atoms with Crippen LogP contribution in [0.1, 0.15) is 37.0 Å². The lowest BCUT2D eigenvalue weighted by molar-refractivity contribution is -0.141. The van der Waals surface area contributed by atoms with Crippen molar-refractivity contribution in [3.63, 3.8) is 0 Å². The lowest BCUT2D eigenvalue weighted by atomic mass is 10.1. The summed E-state index contributed by atoms with van der Waals surface area (Å²) in [6, 6.07) is 0.917. The third-order valence-electron chi connectivity index (χ3n) is 2.23. The first kappa shape index (κ1) is 14.4. The van der Waals surface area contributed by atoms with Crippen molar-refractivity contribution in [1.29, 1.82) is 0 Å². The van der Waals surface area contributed by atoms with Gasteiger partial charge >= 0.3 is 6.18 Å². The summed E-state index contributed by atoms with van der Waals surface area (Å²) in [5, 5.41) is 0. The number of nitrogens with zero attached hydrogens (tertiary/aromatic N) is 2. The van der Waals surface area contributed by atoms with Crippen LogP contribution in [-0.4, -0.2) is 15.9 Å². The molecule has 0 radical (unpaired) electrons. The van der Waals surface area contributed by atoms with Gasteiger partial charge in [-0.05, 0) is 18.9 Å². The predicted molar refractivity (Wildman–Crippen MR) is 58.5 cm³/mol. The van der Waals surface area contributed by atoms with Gasteiger partial charge in [0.25, 0.3) is 0 Å². The summed E-state index contributed by atoms with van der Waals surface area (Å²) in [5.41, 5.74) is 4.19. The number of nitrogens with two attached hydrogens (primary N) is 1. The molecule has 1 aromatic heterocycles. The molecule has 0 fully saturated rings. The first-order chi connectivity index (χ1) is 8.32. The average Bonchev–Trinajstić information content (AvgIpc) is 2.24. The van der Waals surface area contributed by atoms with Gasteiger partial charge in [-0.15, -0.1) is 0 Å². The molecule has 1 heterocycles. The minimum absolute atomic E-state index is 0.177. The van der Waals surface area contributed by atoms with E-state index in [1.165, 1.54) is 0 Å². The molecule has 1 rings (SSSR count). The highest BCUT2D eigenvalue weighted by Gasteiger charge is 2.33. The van der Waals surface area contributed by atoms with Gasteiger partial charge in [-0.3, -0.25) is 4.79 Å². The molecule has 2 N–H and O–H groups in total. The molecular weight excluding hydrogens is 247 g/mol. The summed E-state index contributed by atoms with van der Waals surface area (Å²) < 4.78 is 37.8. The molecule has 0 aromatic carbocycles. The number of halogens is 3. The van der Waals surface area contributed by atoms with Crippen molar-refractivity contribution < 1.29 is 18.0 Å². The fourth-order valence-electron chi connectivity index (χ4n) is 1.42. The van der Waals surface area contributed by atoms with Crippen LogP contribution in [0.2, 0.25) is 0 Å². The Morgan fingerprint density at radius 2 is 2.06 bits per heavy atom. The van der Waals surface area contributed by atoms with Crippen molar-refractivity contribution in [2.24, 2.45) is 5.73 Å². The highest BCUT2D eigenvalue weighted by molar-refractivity contribution is 5.75. The third kappa shape index (κ3) is 4.31. The smallest absolute Gasteiger partial charge is 0.369 e. The van der Waals surface area contributed by atoms with Gasteiger partial charge in [-0.2, -0.15) is 13.2 Å². The predicted octanol–water partition coefficient (Wildman–Crippen LogP) is 1.87. The molecule has 0 aliphatic carbocycles. The zero-order chi connectivity index (χ0) is 13.8. The van der Waals surface area contributed by atoms with E-state index in [2.05, 4.69) is 9.97 Å². The van der Waals surface area contributed by atoms with Crippen molar-refractivity contribution >= 4 is 5.91 Å². The minimum atomic E-state index is -4.55. The lowest BCUT2D eigenvalue weighted by Gasteiger charge is -2.09. The monoisotopic (exact) mass is 261 g/mol. The highest BCUT2D eigenvalue weighted by Crippen LogP contribution is 2.28. The molecule has 100 valence electrons. The molecule has 0 unspecified atom stereocenters. The molecule has 0 atom stereocenters. The number of aromatic nitrogens is 2. The standard InChI is InChI=1S/C11H14F3N3O/c1-2-3-4-7-5-8(11(12,13)14)17-10(16-7)6-9(15)18/h5H,2-4,6H2,1H3,(H2,15,18). The van der Waals surface area contributed by atoms with Gasteiger partial charge in [-0.1, -0.05) is 13.3 Å². The maximum Gasteiger partial charge on any atom is 0.433 e. The molecule has 18 heavy (non-hydrogen) atoms. The van der Waals surface area contributed by atoms with Crippen molar-refractivity contribution in [3.05, 3.63) is 23.3 Å². The van der Waals surface area contributed by atoms with E-state index >= 15 is 0 Å². The van der Waals surface area contributed by atoms with Crippen LogP contribution >= 0.6 is 0 Å². The van der Waals surface area contributed by atoms with E-state index in [0.29, 0.717) is 6.42 Å². The summed E-state index contributed by atoms with van der Waals surface area (Å²) in [5.74, 6) is -0.931. The minimum Gasteiger partial charge on any atom is -0.369 e. The molecule has 0 saturated carbocycles. The second-order valence-electron chi connectivity index (χ2n) is 3.91. The number of aryl methyl sites for hydroxylation is 1. The van der Waals surface area contributed by atoms with Gasteiger partial charge in [0.2, 0.25) is 5.91 Å². The second kappa shape index (κ2) is 5.79. The maximum atomic E-state index is 12.6. The zero-order valence-corrected chi connectivity index (χ0v) is 9.92. The van der Waals surface area contributed by atoms with Gasteiger partial charge in [-0.25, -0.2) is 9.97 Å². The quantitative estimate of drug-likeness (QED) is 0.879. The average molecular weight is 261 g/mol. The van der Waals surface area contributed by atoms with Gasteiger partial charge in [0.15, 0.2) is 0 Å². The Kier molecular flexibility index (Phi) is 4.63. The number of alkyl halides is 3. The fraction of sp³-hybridized carbons (Fsp3) is 0.545. The van der Waals surface area contributed by atoms with Crippen LogP contribution in [0.3, 0.4) is 0 Å². The number of unbranched alkanes of at least 4 members (excludes halogenated alkanes) is 1. The van der Waals surface area contributed by atoms with Crippen molar-refractivity contribution in [1.82, 2.24) is 9.97 Å². The Bertz CT molecular complexity index is 432. The van der Waals surface area contributed by atoms with Crippen LogP contribution in [0.5, 0.6) is 0 Å². The van der Waals surface area contributed by atoms with Gasteiger partial charge in [0.1, 0.15) is 11.5 Å². The molecule has 1 aromatic rings. The van der Waals surface area contributed by atoms with Crippen LogP contribution < -0.4 is 5.73 Å². The van der Waals surface area contributed by atoms with E-state index in [-0.39, 0.29) is 17.9 Å². The van der Waals surface area contributed by atoms with E-state index < -0.39 is 17.8 Å². The molecule has 0 bridgehead atoms. The molecule has 0 aliphatic heterocycles. The van der Waals surface area contributed by atoms with Gasteiger partial charge in [0.05, 0.1) is 6.42 Å². The van der Waals surface area contributed by atoms with Gasteiger partial charge in [0, 0.05) is 5.69 Å². The normalized spacial score (nSPS) is 11.6. The number of primary amides is 1. The first-order valence-corrected chi connectivity index (χ1v) is 5.55. The summed E-state index contributed by atoms with van der Waals surface area (Å²) in [7, 11) is 0. The second-order valence-corrected chi connectivity index (χ2v) is 3.91. The van der Waals surface area contributed by atoms with E-state index in [4.69, 9.17) is 5.73 Å². The summed E-state index contributed by atoms with van der Waals surface area (Å²) in [6.07, 6.45) is -2.94. The highest BCUT2D eigenvalue weighted by atomic mass is 19.4. The SMILES string of the molecule is CCCCc1cc(C(F)(F)F)nc(CC(N)=O)n1. The molecule has 0 aliphatic rings. The molecular formula is C11H14F3N3O. The van der Waals surface area contributed by atoms with E-state index in [0.717, 1.165) is 18.9 Å².